The molecule has 1 aromatic heterocycles. The SMILES string of the molecule is FC(F)(F)c1cccc(C2CC2)n1. The van der Waals surface area contributed by atoms with E-state index in [0.717, 1.165) is 18.9 Å². The molecule has 1 aliphatic rings. The topological polar surface area (TPSA) is 12.9 Å². The van der Waals surface area contributed by atoms with Crippen LogP contribution in [0.25, 0.3) is 0 Å². The highest BCUT2D eigenvalue weighted by Crippen LogP contribution is 2.39. The predicted octanol–water partition coefficient (Wildman–Crippen LogP) is 2.98. The zero-order valence-corrected chi connectivity index (χ0v) is 6.80. The first kappa shape index (κ1) is 8.53. The molecule has 0 bridgehead atoms. The van der Waals surface area contributed by atoms with Crippen molar-refractivity contribution in [3.8, 4) is 0 Å². The van der Waals surface area contributed by atoms with E-state index < -0.39 is 11.9 Å². The van der Waals surface area contributed by atoms with Crippen molar-refractivity contribution in [3.05, 3.63) is 29.6 Å². The van der Waals surface area contributed by atoms with Crippen LogP contribution in [0, 0.1) is 0 Å². The molecule has 1 aromatic rings. The van der Waals surface area contributed by atoms with Crippen LogP contribution < -0.4 is 0 Å². The number of aromatic nitrogens is 1. The number of alkyl halides is 3. The number of halogens is 3. The molecule has 0 radical (unpaired) electrons. The van der Waals surface area contributed by atoms with Crippen molar-refractivity contribution in [2.75, 3.05) is 0 Å². The third-order valence-corrected chi connectivity index (χ3v) is 2.06. The minimum Gasteiger partial charge on any atom is -0.248 e. The average Bonchev–Trinajstić information content (AvgIpc) is 2.85. The maximum Gasteiger partial charge on any atom is 0.433 e. The summed E-state index contributed by atoms with van der Waals surface area (Å²) in [6.07, 6.45) is -2.38. The lowest BCUT2D eigenvalue weighted by Crippen LogP contribution is -2.08. The Balaban J connectivity index is 2.32. The Kier molecular flexibility index (Phi) is 1.78. The monoisotopic (exact) mass is 187 g/mol. The molecule has 0 saturated heterocycles. The molecule has 13 heavy (non-hydrogen) atoms. The summed E-state index contributed by atoms with van der Waals surface area (Å²) in [5, 5.41) is 0. The molecule has 1 nitrogen and oxygen atoms in total. The largest absolute Gasteiger partial charge is 0.433 e. The highest BCUT2D eigenvalue weighted by atomic mass is 19.4. The van der Waals surface area contributed by atoms with Gasteiger partial charge in [-0.25, -0.2) is 4.98 Å². The zero-order chi connectivity index (χ0) is 9.47. The average molecular weight is 187 g/mol. The van der Waals surface area contributed by atoms with Crippen LogP contribution in [0.1, 0.15) is 30.1 Å². The number of pyridine rings is 1. The third-order valence-electron chi connectivity index (χ3n) is 2.06. The molecule has 0 spiro atoms. The summed E-state index contributed by atoms with van der Waals surface area (Å²) in [5.41, 5.74) is -0.202. The van der Waals surface area contributed by atoms with Crippen LogP contribution in [-0.2, 0) is 6.18 Å². The van der Waals surface area contributed by atoms with Crippen molar-refractivity contribution in [1.29, 1.82) is 0 Å². The fourth-order valence-electron chi connectivity index (χ4n) is 1.22. The summed E-state index contributed by atoms with van der Waals surface area (Å²) in [7, 11) is 0. The van der Waals surface area contributed by atoms with E-state index in [4.69, 9.17) is 0 Å². The highest BCUT2D eigenvalue weighted by Gasteiger charge is 2.34. The van der Waals surface area contributed by atoms with Crippen LogP contribution >= 0.6 is 0 Å². The maximum atomic E-state index is 12.2. The first-order chi connectivity index (χ1) is 6.07. The number of rotatable bonds is 1. The van der Waals surface area contributed by atoms with Crippen molar-refractivity contribution >= 4 is 0 Å². The Morgan fingerprint density at radius 3 is 2.46 bits per heavy atom. The summed E-state index contributed by atoms with van der Waals surface area (Å²) in [5.74, 6) is 0.266. The first-order valence-corrected chi connectivity index (χ1v) is 4.11. The Labute approximate surface area is 73.6 Å². The summed E-state index contributed by atoms with van der Waals surface area (Å²) < 4.78 is 36.6. The minimum absolute atomic E-state index is 0.266. The van der Waals surface area contributed by atoms with Crippen LogP contribution in [0.2, 0.25) is 0 Å². The van der Waals surface area contributed by atoms with E-state index in [2.05, 4.69) is 4.98 Å². The van der Waals surface area contributed by atoms with E-state index in [1.807, 2.05) is 0 Å². The van der Waals surface area contributed by atoms with E-state index in [9.17, 15) is 13.2 Å². The van der Waals surface area contributed by atoms with Crippen molar-refractivity contribution in [2.24, 2.45) is 0 Å². The summed E-state index contributed by atoms with van der Waals surface area (Å²) >= 11 is 0. The van der Waals surface area contributed by atoms with Crippen molar-refractivity contribution in [3.63, 3.8) is 0 Å². The van der Waals surface area contributed by atoms with E-state index in [1.165, 1.54) is 6.07 Å². The van der Waals surface area contributed by atoms with Gasteiger partial charge >= 0.3 is 6.18 Å². The highest BCUT2D eigenvalue weighted by molar-refractivity contribution is 5.19. The molecule has 0 unspecified atom stereocenters. The van der Waals surface area contributed by atoms with Crippen LogP contribution in [0.4, 0.5) is 13.2 Å². The molecule has 0 aromatic carbocycles. The molecule has 0 N–H and O–H groups in total. The summed E-state index contributed by atoms with van der Waals surface area (Å²) in [6, 6.07) is 4.09. The number of hydrogen-bond donors (Lipinski definition) is 0. The first-order valence-electron chi connectivity index (χ1n) is 4.11. The Morgan fingerprint density at radius 1 is 1.23 bits per heavy atom. The van der Waals surface area contributed by atoms with Gasteiger partial charge in [0.05, 0.1) is 0 Å². The standard InChI is InChI=1S/C9H8F3N/c10-9(11,12)8-3-1-2-7(13-8)6-4-5-6/h1-3,6H,4-5H2. The molecular formula is C9H8F3N. The van der Waals surface area contributed by atoms with E-state index in [1.54, 1.807) is 6.07 Å². The molecule has 70 valence electrons. The molecule has 2 rings (SSSR count). The normalized spacial score (nSPS) is 17.5. The number of nitrogens with zero attached hydrogens (tertiary/aromatic N) is 1. The molecule has 1 saturated carbocycles. The second kappa shape index (κ2) is 2.72. The molecule has 1 aliphatic carbocycles. The van der Waals surface area contributed by atoms with Gasteiger partial charge in [0.25, 0.3) is 0 Å². The summed E-state index contributed by atoms with van der Waals surface area (Å²) in [6.45, 7) is 0. The van der Waals surface area contributed by atoms with Crippen LogP contribution in [0.5, 0.6) is 0 Å². The Bertz CT molecular complexity index is 315. The van der Waals surface area contributed by atoms with Crippen LogP contribution in [0.3, 0.4) is 0 Å². The smallest absolute Gasteiger partial charge is 0.248 e. The number of hydrogen-bond acceptors (Lipinski definition) is 1. The maximum absolute atomic E-state index is 12.2. The molecule has 1 heterocycles. The summed E-state index contributed by atoms with van der Waals surface area (Å²) in [4.78, 5) is 3.58. The van der Waals surface area contributed by atoms with Crippen LogP contribution in [-0.4, -0.2) is 4.98 Å². The van der Waals surface area contributed by atoms with Crippen molar-refractivity contribution in [1.82, 2.24) is 4.98 Å². The Morgan fingerprint density at radius 2 is 1.92 bits per heavy atom. The van der Waals surface area contributed by atoms with Gasteiger partial charge in [0, 0.05) is 11.6 Å². The van der Waals surface area contributed by atoms with Gasteiger partial charge < -0.3 is 0 Å². The van der Waals surface area contributed by atoms with Gasteiger partial charge in [-0.15, -0.1) is 0 Å². The molecule has 1 fully saturated rings. The van der Waals surface area contributed by atoms with E-state index in [-0.39, 0.29) is 5.92 Å². The van der Waals surface area contributed by atoms with Gasteiger partial charge in [0.1, 0.15) is 5.69 Å². The lowest BCUT2D eigenvalue weighted by atomic mass is 10.2. The molecule has 4 heteroatoms. The van der Waals surface area contributed by atoms with Gasteiger partial charge in [0.15, 0.2) is 0 Å². The van der Waals surface area contributed by atoms with Gasteiger partial charge in [-0.3, -0.25) is 0 Å². The quantitative estimate of drug-likeness (QED) is 0.658. The fraction of sp³-hybridized carbons (Fsp3) is 0.444. The van der Waals surface area contributed by atoms with Gasteiger partial charge in [0.2, 0.25) is 0 Å². The van der Waals surface area contributed by atoms with Crippen molar-refractivity contribution < 1.29 is 13.2 Å². The third kappa shape index (κ3) is 1.82. The van der Waals surface area contributed by atoms with E-state index >= 15 is 0 Å². The van der Waals surface area contributed by atoms with E-state index in [0.29, 0.717) is 5.69 Å². The van der Waals surface area contributed by atoms with Crippen LogP contribution in [0.15, 0.2) is 18.2 Å². The molecule has 0 aliphatic heterocycles. The minimum atomic E-state index is -4.31. The fourth-order valence-corrected chi connectivity index (χ4v) is 1.22. The zero-order valence-electron chi connectivity index (χ0n) is 6.80. The molecule has 0 amide bonds. The second-order valence-electron chi connectivity index (χ2n) is 3.22. The van der Waals surface area contributed by atoms with Crippen molar-refractivity contribution in [2.45, 2.75) is 24.9 Å². The molecular weight excluding hydrogens is 179 g/mol. The van der Waals surface area contributed by atoms with Gasteiger partial charge in [-0.2, -0.15) is 13.2 Å². The predicted molar refractivity (Wildman–Crippen MR) is 41.2 cm³/mol. The second-order valence-corrected chi connectivity index (χ2v) is 3.22. The lowest BCUT2D eigenvalue weighted by Gasteiger charge is -2.06. The Hall–Kier alpha value is -1.06. The lowest BCUT2D eigenvalue weighted by molar-refractivity contribution is -0.141. The van der Waals surface area contributed by atoms with Gasteiger partial charge in [-0.05, 0) is 25.0 Å². The molecule has 0 atom stereocenters. The van der Waals surface area contributed by atoms with Gasteiger partial charge in [-0.1, -0.05) is 6.07 Å².